The van der Waals surface area contributed by atoms with Crippen molar-refractivity contribution in [2.24, 2.45) is 5.73 Å². The largest absolute Gasteiger partial charge is 0.490 e. The molecule has 10 heteroatoms. The van der Waals surface area contributed by atoms with Crippen LogP contribution in [-0.4, -0.2) is 58.5 Å². The Morgan fingerprint density at radius 1 is 1.16 bits per heavy atom. The van der Waals surface area contributed by atoms with Gasteiger partial charge in [0, 0.05) is 36.5 Å². The summed E-state index contributed by atoms with van der Waals surface area (Å²) in [6, 6.07) is 12.6. The fourth-order valence-electron chi connectivity index (χ4n) is 4.23. The van der Waals surface area contributed by atoms with Crippen molar-refractivity contribution in [2.75, 3.05) is 44.8 Å². The Kier molecular flexibility index (Phi) is 5.32. The normalized spacial score (nSPS) is 19.5. The van der Waals surface area contributed by atoms with Gasteiger partial charge in [-0.2, -0.15) is 4.31 Å². The first-order valence-electron chi connectivity index (χ1n) is 10.3. The molecule has 2 aromatic carbocycles. The number of ether oxygens (including phenoxy) is 2. The lowest BCUT2D eigenvalue weighted by atomic mass is 10.0. The summed E-state index contributed by atoms with van der Waals surface area (Å²) in [5.74, 6) is 0.0187. The fraction of sp³-hybridized carbons (Fsp3) is 0.318. The van der Waals surface area contributed by atoms with Crippen LogP contribution in [0.25, 0.3) is 10.1 Å². The highest BCUT2D eigenvalue weighted by atomic mass is 32.2. The van der Waals surface area contributed by atoms with E-state index < -0.39 is 22.0 Å². The zero-order chi connectivity index (χ0) is 22.5. The second-order valence-corrected chi connectivity index (χ2v) is 10.8. The van der Waals surface area contributed by atoms with Crippen LogP contribution in [0, 0.1) is 0 Å². The number of hydrogen-bond donors (Lipinski definition) is 1. The molecule has 0 bridgehead atoms. The molecule has 0 unspecified atom stereocenters. The van der Waals surface area contributed by atoms with Gasteiger partial charge in [0.25, 0.3) is 5.91 Å². The number of fused-ring (bicyclic) bond motifs is 2. The molecule has 2 N–H and O–H groups in total. The maximum atomic E-state index is 13.5. The van der Waals surface area contributed by atoms with Gasteiger partial charge >= 0.3 is 0 Å². The van der Waals surface area contributed by atoms with Crippen LogP contribution in [0.2, 0.25) is 0 Å². The first kappa shape index (κ1) is 21.2. The maximum Gasteiger partial charge on any atom is 0.259 e. The predicted octanol–water partition coefficient (Wildman–Crippen LogP) is 2.59. The topological polar surface area (TPSA) is 102 Å². The Bertz CT molecular complexity index is 1300. The predicted molar refractivity (Wildman–Crippen MR) is 123 cm³/mol. The van der Waals surface area contributed by atoms with Crippen LogP contribution < -0.4 is 15.4 Å². The minimum Gasteiger partial charge on any atom is -0.490 e. The van der Waals surface area contributed by atoms with Gasteiger partial charge in [-0.1, -0.05) is 18.2 Å². The van der Waals surface area contributed by atoms with Gasteiger partial charge in [0.05, 0.1) is 34.7 Å². The number of thiophene rings is 1. The number of morpholine rings is 1. The van der Waals surface area contributed by atoms with E-state index in [1.54, 1.807) is 18.2 Å². The molecule has 1 fully saturated rings. The first-order chi connectivity index (χ1) is 15.4. The molecule has 8 nitrogen and oxygen atoms in total. The van der Waals surface area contributed by atoms with Gasteiger partial charge in [0.15, 0.2) is 0 Å². The molecular formula is C22H23N3O5S2. The standard InChI is InChI=1S/C22H23N3O5S2/c1-24-8-10-29-17-12-14(6-7-16(17)24)32(27,28)25-9-11-30-18(13-25)20-15-4-2-3-5-19(15)31-21(20)22(23)26/h2-7,12,18H,8-11,13H2,1H3,(H2,23,26)/t18-/m0/s1. The van der Waals surface area contributed by atoms with E-state index >= 15 is 0 Å². The number of carbonyl (C=O) groups excluding carboxylic acids is 1. The van der Waals surface area contributed by atoms with Crippen molar-refractivity contribution in [3.63, 3.8) is 0 Å². The monoisotopic (exact) mass is 473 g/mol. The van der Waals surface area contributed by atoms with E-state index in [2.05, 4.69) is 0 Å². The van der Waals surface area contributed by atoms with Crippen molar-refractivity contribution in [3.8, 4) is 5.75 Å². The van der Waals surface area contributed by atoms with Crippen LogP contribution in [0.1, 0.15) is 21.3 Å². The Hall–Kier alpha value is -2.66. The molecule has 2 aliphatic heterocycles. The SMILES string of the molecule is CN1CCOc2cc(S(=O)(=O)N3CCO[C@H](c4c(C(N)=O)sc5ccccc45)C3)ccc21. The summed E-state index contributed by atoms with van der Waals surface area (Å²) in [5, 5.41) is 0.862. The van der Waals surface area contributed by atoms with Crippen molar-refractivity contribution < 1.29 is 22.7 Å². The Labute approximate surface area is 190 Å². The number of nitrogens with zero attached hydrogens (tertiary/aromatic N) is 2. The number of carbonyl (C=O) groups is 1. The van der Waals surface area contributed by atoms with Crippen LogP contribution in [-0.2, 0) is 14.8 Å². The van der Waals surface area contributed by atoms with Crippen molar-refractivity contribution >= 4 is 43.0 Å². The van der Waals surface area contributed by atoms with Crippen LogP contribution in [0.15, 0.2) is 47.4 Å². The third kappa shape index (κ3) is 3.53. The van der Waals surface area contributed by atoms with E-state index in [1.165, 1.54) is 15.6 Å². The number of primary amides is 1. The number of anilines is 1. The van der Waals surface area contributed by atoms with Crippen molar-refractivity contribution in [3.05, 3.63) is 52.9 Å². The lowest BCUT2D eigenvalue weighted by Gasteiger charge is -2.33. The molecule has 32 heavy (non-hydrogen) atoms. The minimum absolute atomic E-state index is 0.0984. The number of sulfonamides is 1. The number of rotatable bonds is 4. The average molecular weight is 474 g/mol. The third-order valence-corrected chi connectivity index (χ3v) is 8.94. The van der Waals surface area contributed by atoms with Crippen molar-refractivity contribution in [1.82, 2.24) is 4.31 Å². The molecule has 0 saturated carbocycles. The summed E-state index contributed by atoms with van der Waals surface area (Å²) < 4.78 is 40.9. The summed E-state index contributed by atoms with van der Waals surface area (Å²) in [4.78, 5) is 14.7. The van der Waals surface area contributed by atoms with E-state index in [1.807, 2.05) is 36.2 Å². The molecule has 5 rings (SSSR count). The molecule has 168 valence electrons. The number of benzene rings is 2. The second kappa shape index (κ2) is 8.04. The summed E-state index contributed by atoms with van der Waals surface area (Å²) >= 11 is 1.30. The Morgan fingerprint density at radius 2 is 1.97 bits per heavy atom. The number of hydrogen-bond acceptors (Lipinski definition) is 7. The first-order valence-corrected chi connectivity index (χ1v) is 12.5. The van der Waals surface area contributed by atoms with Gasteiger partial charge in [-0.15, -0.1) is 11.3 Å². The van der Waals surface area contributed by atoms with E-state index in [9.17, 15) is 13.2 Å². The highest BCUT2D eigenvalue weighted by molar-refractivity contribution is 7.89. The number of nitrogens with two attached hydrogens (primary N) is 1. The molecule has 3 aromatic rings. The van der Waals surface area contributed by atoms with Crippen LogP contribution in [0.4, 0.5) is 5.69 Å². The summed E-state index contributed by atoms with van der Waals surface area (Å²) in [5.41, 5.74) is 7.17. The van der Waals surface area contributed by atoms with Crippen LogP contribution in [0.3, 0.4) is 0 Å². The molecule has 1 aromatic heterocycles. The smallest absolute Gasteiger partial charge is 0.259 e. The fourth-order valence-corrected chi connectivity index (χ4v) is 6.78. The lowest BCUT2D eigenvalue weighted by molar-refractivity contribution is -0.00189. The van der Waals surface area contributed by atoms with E-state index in [-0.39, 0.29) is 24.6 Å². The van der Waals surface area contributed by atoms with Gasteiger partial charge in [0.2, 0.25) is 10.0 Å². The van der Waals surface area contributed by atoms with Crippen molar-refractivity contribution in [1.29, 1.82) is 0 Å². The lowest BCUT2D eigenvalue weighted by Crippen LogP contribution is -2.42. The quantitative estimate of drug-likeness (QED) is 0.625. The molecule has 0 spiro atoms. The second-order valence-electron chi connectivity index (χ2n) is 7.83. The zero-order valence-electron chi connectivity index (χ0n) is 17.5. The highest BCUT2D eigenvalue weighted by Crippen LogP contribution is 2.39. The molecule has 3 heterocycles. The average Bonchev–Trinajstić information content (AvgIpc) is 3.19. The van der Waals surface area contributed by atoms with Crippen LogP contribution >= 0.6 is 11.3 Å². The van der Waals surface area contributed by atoms with Gasteiger partial charge in [-0.3, -0.25) is 4.79 Å². The molecule has 1 saturated heterocycles. The highest BCUT2D eigenvalue weighted by Gasteiger charge is 2.35. The summed E-state index contributed by atoms with van der Waals surface area (Å²) in [7, 11) is -1.83. The van der Waals surface area contributed by atoms with Crippen molar-refractivity contribution in [2.45, 2.75) is 11.0 Å². The van der Waals surface area contributed by atoms with Crippen LogP contribution in [0.5, 0.6) is 5.75 Å². The van der Waals surface area contributed by atoms with Gasteiger partial charge < -0.3 is 20.1 Å². The van der Waals surface area contributed by atoms with Gasteiger partial charge in [-0.25, -0.2) is 8.42 Å². The molecule has 1 atom stereocenters. The van der Waals surface area contributed by atoms with E-state index in [4.69, 9.17) is 15.2 Å². The summed E-state index contributed by atoms with van der Waals surface area (Å²) in [6.45, 7) is 1.80. The van der Waals surface area contributed by atoms with E-state index in [0.29, 0.717) is 22.8 Å². The maximum absolute atomic E-state index is 13.5. The molecular weight excluding hydrogens is 450 g/mol. The number of amides is 1. The molecule has 0 aliphatic carbocycles. The van der Waals surface area contributed by atoms with Gasteiger partial charge in [0.1, 0.15) is 12.4 Å². The Morgan fingerprint density at radius 3 is 2.78 bits per heavy atom. The van der Waals surface area contributed by atoms with Gasteiger partial charge in [-0.05, 0) is 23.6 Å². The molecule has 0 radical (unpaired) electrons. The Balaban J connectivity index is 1.49. The molecule has 1 amide bonds. The summed E-state index contributed by atoms with van der Waals surface area (Å²) in [6.07, 6.45) is -0.586. The number of likely N-dealkylation sites (N-methyl/N-ethyl adjacent to an activating group) is 1. The zero-order valence-corrected chi connectivity index (χ0v) is 19.1. The third-order valence-electron chi connectivity index (χ3n) is 5.87. The van der Waals surface area contributed by atoms with E-state index in [0.717, 1.165) is 22.3 Å². The minimum atomic E-state index is -3.78. The molecule has 2 aliphatic rings.